The Morgan fingerprint density at radius 3 is 2.91 bits per heavy atom. The summed E-state index contributed by atoms with van der Waals surface area (Å²) >= 11 is 5.75. The minimum atomic E-state index is 0.117. The van der Waals surface area contributed by atoms with E-state index in [1.165, 1.54) is 12.4 Å². The fourth-order valence-electron chi connectivity index (χ4n) is 0.652. The molecular weight excluding hydrogens is 162 g/mol. The summed E-state index contributed by atoms with van der Waals surface area (Å²) in [6.45, 7) is 3.87. The number of hydrogen-bond donors (Lipinski definition) is 0. The monoisotopic (exact) mass is 170 g/mol. The first kappa shape index (κ1) is 8.34. The number of nitrogens with zero attached hydrogens (tertiary/aromatic N) is 1. The highest BCUT2D eigenvalue weighted by Crippen LogP contribution is 2.21. The summed E-state index contributed by atoms with van der Waals surface area (Å²) in [5, 5.41) is 0.501. The van der Waals surface area contributed by atoms with Crippen molar-refractivity contribution in [2.45, 2.75) is 20.0 Å². The van der Waals surface area contributed by atoms with Gasteiger partial charge in [-0.2, -0.15) is 0 Å². The average Bonchev–Trinajstić information content (AvgIpc) is 1.93. The lowest BCUT2D eigenvalue weighted by atomic mass is 10.4. The molecule has 0 fully saturated rings. The highest BCUT2D eigenvalue weighted by Gasteiger charge is 2.01. The molecule has 0 saturated heterocycles. The quantitative estimate of drug-likeness (QED) is 0.680. The Balaban J connectivity index is 2.78. The Labute approximate surface area is 71.2 Å². The van der Waals surface area contributed by atoms with Gasteiger partial charge in [0.2, 0.25) is 0 Å². The second kappa shape index (κ2) is 3.58. The van der Waals surface area contributed by atoms with Crippen LogP contribution in [0.15, 0.2) is 12.4 Å². The van der Waals surface area contributed by atoms with Gasteiger partial charge < -0.3 is 4.74 Å². The largest absolute Gasteiger partial charge is 0.489 e. The van der Waals surface area contributed by atoms with E-state index in [9.17, 15) is 0 Å². The van der Waals surface area contributed by atoms with Gasteiger partial charge in [0.1, 0.15) is 10.8 Å². The van der Waals surface area contributed by atoms with Crippen LogP contribution in [0.3, 0.4) is 0 Å². The molecule has 0 aliphatic rings. The molecule has 0 N–H and O–H groups in total. The van der Waals surface area contributed by atoms with Crippen LogP contribution < -0.4 is 4.74 Å². The van der Waals surface area contributed by atoms with Crippen LogP contribution in [-0.2, 0) is 0 Å². The molecule has 0 saturated carbocycles. The van der Waals surface area contributed by atoms with E-state index >= 15 is 0 Å². The van der Waals surface area contributed by atoms with Gasteiger partial charge in [-0.1, -0.05) is 11.6 Å². The first-order valence-electron chi connectivity index (χ1n) is 3.38. The molecule has 0 aromatic carbocycles. The molecule has 0 amide bonds. The predicted octanol–water partition coefficient (Wildman–Crippen LogP) is 2.32. The van der Waals surface area contributed by atoms with Crippen molar-refractivity contribution in [1.82, 2.24) is 4.98 Å². The summed E-state index contributed by atoms with van der Waals surface area (Å²) in [5.41, 5.74) is 0. The van der Waals surface area contributed by atoms with Crippen LogP contribution in [-0.4, -0.2) is 11.1 Å². The number of halogens is 1. The van der Waals surface area contributed by atoms with Crippen LogP contribution in [0, 0.1) is 6.07 Å². The fraction of sp³-hybridized carbons (Fsp3) is 0.375. The number of pyridine rings is 1. The standard InChI is InChI=1S/C8H9ClNO/c1-6(2)11-8-3-4-10-5-7(8)9/h4-6H,1-2H3. The molecule has 2 nitrogen and oxygen atoms in total. The maximum absolute atomic E-state index is 5.75. The molecule has 0 aliphatic heterocycles. The van der Waals surface area contributed by atoms with Crippen molar-refractivity contribution in [3.8, 4) is 5.75 Å². The molecule has 1 rings (SSSR count). The lowest BCUT2D eigenvalue weighted by Crippen LogP contribution is -2.05. The van der Waals surface area contributed by atoms with Crippen molar-refractivity contribution in [3.05, 3.63) is 23.5 Å². The van der Waals surface area contributed by atoms with E-state index in [-0.39, 0.29) is 6.10 Å². The second-order valence-electron chi connectivity index (χ2n) is 2.40. The van der Waals surface area contributed by atoms with Crippen molar-refractivity contribution in [2.24, 2.45) is 0 Å². The zero-order valence-corrected chi connectivity index (χ0v) is 7.22. The van der Waals surface area contributed by atoms with Gasteiger partial charge in [-0.05, 0) is 13.8 Å². The normalized spacial score (nSPS) is 10.2. The van der Waals surface area contributed by atoms with Gasteiger partial charge in [0.05, 0.1) is 6.10 Å². The van der Waals surface area contributed by atoms with Crippen molar-refractivity contribution in [2.75, 3.05) is 0 Å². The molecule has 1 aromatic rings. The summed E-state index contributed by atoms with van der Waals surface area (Å²) in [6.07, 6.45) is 3.19. The van der Waals surface area contributed by atoms with E-state index in [0.29, 0.717) is 10.8 Å². The SMILES string of the molecule is CC(C)Oc1[c]cncc1Cl. The third kappa shape index (κ3) is 2.39. The number of hydrogen-bond acceptors (Lipinski definition) is 2. The molecule has 1 aromatic heterocycles. The smallest absolute Gasteiger partial charge is 0.149 e. The summed E-state index contributed by atoms with van der Waals surface area (Å²) in [7, 11) is 0. The Bertz CT molecular complexity index is 237. The molecule has 3 heteroatoms. The van der Waals surface area contributed by atoms with Gasteiger partial charge in [-0.3, -0.25) is 4.98 Å². The van der Waals surface area contributed by atoms with Crippen LogP contribution in [0.4, 0.5) is 0 Å². The third-order valence-corrected chi connectivity index (χ3v) is 1.30. The van der Waals surface area contributed by atoms with E-state index in [0.717, 1.165) is 0 Å². The van der Waals surface area contributed by atoms with E-state index in [2.05, 4.69) is 11.1 Å². The number of aromatic nitrogens is 1. The summed E-state index contributed by atoms with van der Waals surface area (Å²) in [5.74, 6) is 0.566. The molecule has 0 atom stereocenters. The molecule has 0 bridgehead atoms. The molecule has 0 aliphatic carbocycles. The number of rotatable bonds is 2. The van der Waals surface area contributed by atoms with Gasteiger partial charge in [0.15, 0.2) is 0 Å². The van der Waals surface area contributed by atoms with Crippen LogP contribution in [0.1, 0.15) is 13.8 Å². The first-order chi connectivity index (χ1) is 5.20. The summed E-state index contributed by atoms with van der Waals surface area (Å²) < 4.78 is 5.32. The van der Waals surface area contributed by atoms with Crippen molar-refractivity contribution >= 4 is 11.6 Å². The minimum Gasteiger partial charge on any atom is -0.489 e. The number of ether oxygens (including phenoxy) is 1. The maximum Gasteiger partial charge on any atom is 0.149 e. The molecule has 11 heavy (non-hydrogen) atoms. The van der Waals surface area contributed by atoms with Gasteiger partial charge >= 0.3 is 0 Å². The zero-order chi connectivity index (χ0) is 8.27. The Morgan fingerprint density at radius 1 is 1.64 bits per heavy atom. The van der Waals surface area contributed by atoms with E-state index in [1.807, 2.05) is 13.8 Å². The first-order valence-corrected chi connectivity index (χ1v) is 3.76. The fourth-order valence-corrected chi connectivity index (χ4v) is 0.808. The molecule has 1 radical (unpaired) electrons. The van der Waals surface area contributed by atoms with Gasteiger partial charge in [0.25, 0.3) is 0 Å². The van der Waals surface area contributed by atoms with Crippen LogP contribution in [0.25, 0.3) is 0 Å². The Morgan fingerprint density at radius 2 is 2.36 bits per heavy atom. The topological polar surface area (TPSA) is 22.1 Å². The molecule has 0 unspecified atom stereocenters. The van der Waals surface area contributed by atoms with Gasteiger partial charge in [-0.15, -0.1) is 0 Å². The van der Waals surface area contributed by atoms with Gasteiger partial charge in [0, 0.05) is 18.5 Å². The lowest BCUT2D eigenvalue weighted by molar-refractivity contribution is 0.242. The van der Waals surface area contributed by atoms with Crippen molar-refractivity contribution < 1.29 is 4.74 Å². The van der Waals surface area contributed by atoms with E-state index in [1.54, 1.807) is 0 Å². The third-order valence-electron chi connectivity index (χ3n) is 1.03. The van der Waals surface area contributed by atoms with Crippen LogP contribution in [0.2, 0.25) is 5.02 Å². The zero-order valence-electron chi connectivity index (χ0n) is 6.47. The second-order valence-corrected chi connectivity index (χ2v) is 2.80. The lowest BCUT2D eigenvalue weighted by Gasteiger charge is -2.09. The van der Waals surface area contributed by atoms with Crippen molar-refractivity contribution in [1.29, 1.82) is 0 Å². The molecule has 0 spiro atoms. The Hall–Kier alpha value is -0.760. The molecular formula is C8H9ClNO. The van der Waals surface area contributed by atoms with Gasteiger partial charge in [-0.25, -0.2) is 0 Å². The maximum atomic E-state index is 5.75. The van der Waals surface area contributed by atoms with Crippen LogP contribution >= 0.6 is 11.6 Å². The predicted molar refractivity (Wildman–Crippen MR) is 43.8 cm³/mol. The minimum absolute atomic E-state index is 0.117. The average molecular weight is 171 g/mol. The summed E-state index contributed by atoms with van der Waals surface area (Å²) in [4.78, 5) is 3.78. The summed E-state index contributed by atoms with van der Waals surface area (Å²) in [6, 6.07) is 2.80. The molecule has 1 heterocycles. The highest BCUT2D eigenvalue weighted by molar-refractivity contribution is 6.31. The van der Waals surface area contributed by atoms with Crippen LogP contribution in [0.5, 0.6) is 5.75 Å². The molecule has 59 valence electrons. The Kier molecular flexibility index (Phi) is 2.71. The van der Waals surface area contributed by atoms with E-state index < -0.39 is 0 Å². The van der Waals surface area contributed by atoms with E-state index in [4.69, 9.17) is 16.3 Å². The van der Waals surface area contributed by atoms with Crippen molar-refractivity contribution in [3.63, 3.8) is 0 Å². The highest BCUT2D eigenvalue weighted by atomic mass is 35.5.